The Bertz CT molecular complexity index is 448. The van der Waals surface area contributed by atoms with Gasteiger partial charge in [-0.25, -0.2) is 0 Å². The van der Waals surface area contributed by atoms with Crippen molar-refractivity contribution in [1.82, 2.24) is 5.32 Å². The molecule has 17 heavy (non-hydrogen) atoms. The molecule has 6 nitrogen and oxygen atoms in total. The molecule has 0 aliphatic carbocycles. The van der Waals surface area contributed by atoms with Crippen molar-refractivity contribution in [3.8, 4) is 5.75 Å². The summed E-state index contributed by atoms with van der Waals surface area (Å²) >= 11 is 3.12. The zero-order valence-corrected chi connectivity index (χ0v) is 10.4. The van der Waals surface area contributed by atoms with Gasteiger partial charge in [0.1, 0.15) is 11.6 Å². The second-order valence-electron chi connectivity index (χ2n) is 3.26. The van der Waals surface area contributed by atoms with Crippen molar-refractivity contribution >= 4 is 27.7 Å². The van der Waals surface area contributed by atoms with Gasteiger partial charge in [0.25, 0.3) is 5.91 Å². The normalized spacial score (nSPS) is 11.2. The SMILES string of the molecule is N/C(CCNC(=O)c1ccc(Br)c(O)c1)=N/O. The number of phenols is 1. The van der Waals surface area contributed by atoms with Crippen LogP contribution in [-0.2, 0) is 0 Å². The highest BCUT2D eigenvalue weighted by atomic mass is 79.9. The van der Waals surface area contributed by atoms with E-state index in [1.165, 1.54) is 6.07 Å². The molecule has 0 aliphatic rings. The third kappa shape index (κ3) is 3.95. The fourth-order valence-corrected chi connectivity index (χ4v) is 1.36. The van der Waals surface area contributed by atoms with Crippen molar-refractivity contribution in [2.75, 3.05) is 6.54 Å². The van der Waals surface area contributed by atoms with Crippen molar-refractivity contribution in [2.24, 2.45) is 10.9 Å². The Morgan fingerprint density at radius 1 is 1.53 bits per heavy atom. The molecule has 0 heterocycles. The van der Waals surface area contributed by atoms with Gasteiger partial charge in [-0.15, -0.1) is 0 Å². The van der Waals surface area contributed by atoms with Crippen LogP contribution in [0.2, 0.25) is 0 Å². The fourth-order valence-electron chi connectivity index (χ4n) is 1.11. The van der Waals surface area contributed by atoms with Crippen molar-refractivity contribution in [3.63, 3.8) is 0 Å². The molecule has 1 aromatic rings. The number of hydrogen-bond acceptors (Lipinski definition) is 4. The van der Waals surface area contributed by atoms with Gasteiger partial charge >= 0.3 is 0 Å². The van der Waals surface area contributed by atoms with Gasteiger partial charge in [-0.3, -0.25) is 4.79 Å². The highest BCUT2D eigenvalue weighted by Crippen LogP contribution is 2.24. The number of nitrogens with zero attached hydrogens (tertiary/aromatic N) is 1. The minimum Gasteiger partial charge on any atom is -0.507 e. The number of carbonyl (C=O) groups is 1. The van der Waals surface area contributed by atoms with E-state index < -0.39 is 0 Å². The van der Waals surface area contributed by atoms with Crippen LogP contribution in [0.15, 0.2) is 27.8 Å². The quantitative estimate of drug-likeness (QED) is 0.288. The van der Waals surface area contributed by atoms with Gasteiger partial charge in [-0.2, -0.15) is 0 Å². The number of halogens is 1. The predicted octanol–water partition coefficient (Wildman–Crippen LogP) is 1.02. The molecule has 92 valence electrons. The van der Waals surface area contributed by atoms with Crippen LogP contribution in [0.4, 0.5) is 0 Å². The van der Waals surface area contributed by atoms with E-state index in [1.807, 2.05) is 0 Å². The summed E-state index contributed by atoms with van der Waals surface area (Å²) < 4.78 is 0.519. The van der Waals surface area contributed by atoms with Gasteiger partial charge in [-0.05, 0) is 34.1 Å². The highest BCUT2D eigenvalue weighted by Gasteiger charge is 2.07. The lowest BCUT2D eigenvalue weighted by Gasteiger charge is -2.05. The molecular formula is C10H12BrN3O3. The molecule has 0 fully saturated rings. The lowest BCUT2D eigenvalue weighted by atomic mass is 10.2. The fraction of sp³-hybridized carbons (Fsp3) is 0.200. The van der Waals surface area contributed by atoms with E-state index in [2.05, 4.69) is 26.4 Å². The molecule has 0 spiro atoms. The smallest absolute Gasteiger partial charge is 0.251 e. The first-order chi connectivity index (χ1) is 8.04. The summed E-state index contributed by atoms with van der Waals surface area (Å²) in [5.41, 5.74) is 5.58. The molecule has 1 rings (SSSR count). The summed E-state index contributed by atoms with van der Waals surface area (Å²) in [6.07, 6.45) is 0.255. The van der Waals surface area contributed by atoms with Gasteiger partial charge in [-0.1, -0.05) is 5.16 Å². The lowest BCUT2D eigenvalue weighted by Crippen LogP contribution is -2.27. The molecule has 0 saturated heterocycles. The zero-order chi connectivity index (χ0) is 12.8. The number of amides is 1. The van der Waals surface area contributed by atoms with Crippen molar-refractivity contribution < 1.29 is 15.1 Å². The molecule has 0 bridgehead atoms. The molecule has 0 aliphatic heterocycles. The number of oxime groups is 1. The van der Waals surface area contributed by atoms with Crippen LogP contribution in [0.1, 0.15) is 16.8 Å². The largest absolute Gasteiger partial charge is 0.507 e. The van der Waals surface area contributed by atoms with Crippen LogP contribution >= 0.6 is 15.9 Å². The number of nitrogens with one attached hydrogen (secondary N) is 1. The maximum absolute atomic E-state index is 11.6. The van der Waals surface area contributed by atoms with E-state index >= 15 is 0 Å². The highest BCUT2D eigenvalue weighted by molar-refractivity contribution is 9.10. The van der Waals surface area contributed by atoms with Crippen LogP contribution in [0, 0.1) is 0 Å². The predicted molar refractivity (Wildman–Crippen MR) is 66.2 cm³/mol. The van der Waals surface area contributed by atoms with Crippen LogP contribution in [0.5, 0.6) is 5.75 Å². The summed E-state index contributed by atoms with van der Waals surface area (Å²) in [5.74, 6) is -0.295. The van der Waals surface area contributed by atoms with Crippen molar-refractivity contribution in [2.45, 2.75) is 6.42 Å². The summed E-state index contributed by atoms with van der Waals surface area (Å²) in [4.78, 5) is 11.6. The summed E-state index contributed by atoms with van der Waals surface area (Å²) in [6.45, 7) is 0.256. The maximum Gasteiger partial charge on any atom is 0.251 e. The van der Waals surface area contributed by atoms with Crippen molar-refractivity contribution in [3.05, 3.63) is 28.2 Å². The van der Waals surface area contributed by atoms with E-state index in [1.54, 1.807) is 12.1 Å². The average molecular weight is 302 g/mol. The number of benzene rings is 1. The topological polar surface area (TPSA) is 108 Å². The molecule has 0 saturated carbocycles. The zero-order valence-electron chi connectivity index (χ0n) is 8.85. The first-order valence-corrected chi connectivity index (χ1v) is 5.57. The number of amidine groups is 1. The molecule has 0 atom stereocenters. The minimum absolute atomic E-state index is 0.00548. The Labute approximate surface area is 106 Å². The number of rotatable bonds is 4. The van der Waals surface area contributed by atoms with E-state index in [-0.39, 0.29) is 30.5 Å². The Kier molecular flexibility index (Phi) is 4.77. The third-order valence-electron chi connectivity index (χ3n) is 2.00. The second kappa shape index (κ2) is 6.09. The first-order valence-electron chi connectivity index (χ1n) is 4.77. The van der Waals surface area contributed by atoms with Crippen LogP contribution in [-0.4, -0.2) is 28.6 Å². The number of phenolic OH excluding ortho intramolecular Hbond substituents is 1. The third-order valence-corrected chi connectivity index (χ3v) is 2.67. The molecule has 7 heteroatoms. The van der Waals surface area contributed by atoms with Crippen molar-refractivity contribution in [1.29, 1.82) is 0 Å². The van der Waals surface area contributed by atoms with E-state index in [4.69, 9.17) is 10.9 Å². The Morgan fingerprint density at radius 2 is 2.24 bits per heavy atom. The number of aromatic hydroxyl groups is 1. The molecule has 0 radical (unpaired) electrons. The number of hydrogen-bond donors (Lipinski definition) is 4. The number of carbonyl (C=O) groups excluding carboxylic acids is 1. The molecule has 0 unspecified atom stereocenters. The van der Waals surface area contributed by atoms with Gasteiger partial charge in [0.15, 0.2) is 0 Å². The Morgan fingerprint density at radius 3 is 2.82 bits per heavy atom. The standard InChI is InChI=1S/C10H12BrN3O3/c11-7-2-1-6(5-8(7)15)10(16)13-4-3-9(12)14-17/h1-2,5,15,17H,3-4H2,(H2,12,14)(H,13,16). The summed E-state index contributed by atoms with van der Waals surface area (Å²) in [7, 11) is 0. The summed E-state index contributed by atoms with van der Waals surface area (Å²) in [5, 5.41) is 23.1. The van der Waals surface area contributed by atoms with Crippen LogP contribution in [0.25, 0.3) is 0 Å². The Balaban J connectivity index is 2.55. The number of nitrogens with two attached hydrogens (primary N) is 1. The van der Waals surface area contributed by atoms with Crippen LogP contribution < -0.4 is 11.1 Å². The second-order valence-corrected chi connectivity index (χ2v) is 4.12. The van der Waals surface area contributed by atoms with Gasteiger partial charge in [0.2, 0.25) is 0 Å². The molecule has 1 amide bonds. The lowest BCUT2D eigenvalue weighted by molar-refractivity contribution is 0.0954. The van der Waals surface area contributed by atoms with Gasteiger partial charge in [0, 0.05) is 18.5 Å². The van der Waals surface area contributed by atoms with E-state index in [0.29, 0.717) is 10.0 Å². The van der Waals surface area contributed by atoms with E-state index in [0.717, 1.165) is 0 Å². The van der Waals surface area contributed by atoms with Crippen LogP contribution in [0.3, 0.4) is 0 Å². The minimum atomic E-state index is -0.335. The molecule has 5 N–H and O–H groups in total. The monoisotopic (exact) mass is 301 g/mol. The average Bonchev–Trinajstić information content (AvgIpc) is 2.32. The first kappa shape index (κ1) is 13.3. The summed E-state index contributed by atoms with van der Waals surface area (Å²) in [6, 6.07) is 4.50. The Hall–Kier alpha value is -1.76. The molecule has 0 aromatic heterocycles. The maximum atomic E-state index is 11.6. The van der Waals surface area contributed by atoms with Gasteiger partial charge < -0.3 is 21.4 Å². The van der Waals surface area contributed by atoms with E-state index in [9.17, 15) is 9.90 Å². The van der Waals surface area contributed by atoms with Gasteiger partial charge in [0.05, 0.1) is 4.47 Å². The molecular weight excluding hydrogens is 290 g/mol. The molecule has 1 aromatic carbocycles.